The number of aromatic nitrogens is 4. The van der Waals surface area contributed by atoms with Crippen LogP contribution in [0.25, 0.3) is 61.4 Å². The van der Waals surface area contributed by atoms with E-state index in [1.165, 1.54) is 27.6 Å². The number of hydrogen-bond acceptors (Lipinski definition) is 3. The van der Waals surface area contributed by atoms with Gasteiger partial charge in [0.25, 0.3) is 0 Å². The molecule has 0 saturated heterocycles. The summed E-state index contributed by atoms with van der Waals surface area (Å²) >= 11 is 0. The highest BCUT2D eigenvalue weighted by Crippen LogP contribution is 2.51. The van der Waals surface area contributed by atoms with E-state index in [0.29, 0.717) is 5.95 Å². The minimum absolute atomic E-state index is 0.0315. The van der Waals surface area contributed by atoms with E-state index in [1.807, 2.05) is 36.5 Å². The van der Waals surface area contributed by atoms with Gasteiger partial charge in [-0.1, -0.05) is 92.7 Å². The lowest BCUT2D eigenvalue weighted by Crippen LogP contribution is -2.14. The third-order valence-corrected chi connectivity index (χ3v) is 8.34. The zero-order chi connectivity index (χ0) is 26.8. The van der Waals surface area contributed by atoms with Crippen LogP contribution in [0.4, 0.5) is 0 Å². The number of benzene rings is 4. The standard InChI is InChI=1S/C36H26N4/c1-36(2)28-11-5-3-9-25(28)33-27-20-22-40(32(27)19-18-29(33)36)35-38-31-13-6-4-10-26(31)34(39-35)24-16-14-23(15-17-24)30-12-7-8-21-37-30/h3-22H,1-2H3. The zero-order valence-corrected chi connectivity index (χ0v) is 22.3. The van der Waals surface area contributed by atoms with Gasteiger partial charge in [0.15, 0.2) is 0 Å². The summed E-state index contributed by atoms with van der Waals surface area (Å²) in [4.78, 5) is 14.7. The molecular weight excluding hydrogens is 488 g/mol. The molecule has 3 aromatic heterocycles. The van der Waals surface area contributed by atoms with Crippen LogP contribution in [0.15, 0.2) is 122 Å². The fourth-order valence-corrected chi connectivity index (χ4v) is 6.32. The molecule has 40 heavy (non-hydrogen) atoms. The summed E-state index contributed by atoms with van der Waals surface area (Å²) < 4.78 is 2.13. The summed E-state index contributed by atoms with van der Waals surface area (Å²) in [7, 11) is 0. The molecule has 0 atom stereocenters. The summed E-state index contributed by atoms with van der Waals surface area (Å²) in [5.41, 5.74) is 11.4. The van der Waals surface area contributed by atoms with Gasteiger partial charge < -0.3 is 0 Å². The largest absolute Gasteiger partial charge is 0.285 e. The Morgan fingerprint density at radius 3 is 2.25 bits per heavy atom. The van der Waals surface area contributed by atoms with Gasteiger partial charge in [-0.05, 0) is 52.6 Å². The van der Waals surface area contributed by atoms with Crippen LogP contribution < -0.4 is 0 Å². The van der Waals surface area contributed by atoms with Crippen LogP contribution in [0.2, 0.25) is 0 Å². The average molecular weight is 515 g/mol. The van der Waals surface area contributed by atoms with Crippen LogP contribution in [0.1, 0.15) is 25.0 Å². The third kappa shape index (κ3) is 3.29. The molecule has 3 heterocycles. The Kier molecular flexibility index (Phi) is 4.83. The molecule has 0 saturated carbocycles. The molecule has 0 bridgehead atoms. The molecule has 190 valence electrons. The molecule has 1 aliphatic carbocycles. The molecule has 0 spiro atoms. The molecule has 4 aromatic carbocycles. The molecule has 0 amide bonds. The second-order valence-corrected chi connectivity index (χ2v) is 11.0. The van der Waals surface area contributed by atoms with Crippen molar-refractivity contribution in [3.63, 3.8) is 0 Å². The van der Waals surface area contributed by atoms with E-state index in [2.05, 4.69) is 108 Å². The monoisotopic (exact) mass is 514 g/mol. The molecule has 1 aliphatic rings. The van der Waals surface area contributed by atoms with Crippen molar-refractivity contribution in [3.05, 3.63) is 133 Å². The molecule has 8 rings (SSSR count). The van der Waals surface area contributed by atoms with Crippen LogP contribution in [-0.4, -0.2) is 19.5 Å². The van der Waals surface area contributed by atoms with E-state index in [9.17, 15) is 0 Å². The van der Waals surface area contributed by atoms with Crippen molar-refractivity contribution in [2.24, 2.45) is 0 Å². The van der Waals surface area contributed by atoms with Gasteiger partial charge in [-0.3, -0.25) is 9.55 Å². The van der Waals surface area contributed by atoms with Crippen molar-refractivity contribution in [1.82, 2.24) is 19.5 Å². The van der Waals surface area contributed by atoms with Crippen LogP contribution in [0.3, 0.4) is 0 Å². The van der Waals surface area contributed by atoms with Crippen LogP contribution in [0.5, 0.6) is 0 Å². The highest BCUT2D eigenvalue weighted by molar-refractivity contribution is 6.02. The van der Waals surface area contributed by atoms with E-state index in [0.717, 1.165) is 38.9 Å². The molecule has 0 radical (unpaired) electrons. The number of para-hydroxylation sites is 1. The van der Waals surface area contributed by atoms with Crippen LogP contribution in [-0.2, 0) is 5.41 Å². The van der Waals surface area contributed by atoms with Crippen LogP contribution >= 0.6 is 0 Å². The first-order valence-electron chi connectivity index (χ1n) is 13.6. The van der Waals surface area contributed by atoms with Crippen molar-refractivity contribution >= 4 is 21.8 Å². The van der Waals surface area contributed by atoms with Crippen molar-refractivity contribution in [2.75, 3.05) is 0 Å². The van der Waals surface area contributed by atoms with Crippen LogP contribution in [0, 0.1) is 0 Å². The number of hydrogen-bond donors (Lipinski definition) is 0. The minimum atomic E-state index is -0.0315. The fourth-order valence-electron chi connectivity index (χ4n) is 6.32. The molecule has 7 aromatic rings. The second-order valence-electron chi connectivity index (χ2n) is 11.0. The molecule has 0 aliphatic heterocycles. The zero-order valence-electron chi connectivity index (χ0n) is 22.3. The van der Waals surface area contributed by atoms with Gasteiger partial charge in [0.05, 0.1) is 22.4 Å². The highest BCUT2D eigenvalue weighted by atomic mass is 15.1. The van der Waals surface area contributed by atoms with Crippen molar-refractivity contribution in [2.45, 2.75) is 19.3 Å². The second kappa shape index (κ2) is 8.45. The van der Waals surface area contributed by atoms with E-state index >= 15 is 0 Å². The lowest BCUT2D eigenvalue weighted by molar-refractivity contribution is 0.661. The van der Waals surface area contributed by atoms with Gasteiger partial charge >= 0.3 is 0 Å². The Balaban J connectivity index is 1.31. The topological polar surface area (TPSA) is 43.6 Å². The van der Waals surface area contributed by atoms with Gasteiger partial charge in [-0.15, -0.1) is 0 Å². The smallest absolute Gasteiger partial charge is 0.235 e. The first-order valence-corrected chi connectivity index (χ1v) is 13.6. The molecule has 0 unspecified atom stereocenters. The van der Waals surface area contributed by atoms with Gasteiger partial charge in [0.2, 0.25) is 5.95 Å². The first kappa shape index (κ1) is 22.9. The van der Waals surface area contributed by atoms with Gasteiger partial charge in [-0.25, -0.2) is 9.97 Å². The summed E-state index contributed by atoms with van der Waals surface area (Å²) in [6.07, 6.45) is 3.93. The Hall–Kier alpha value is -5.09. The predicted octanol–water partition coefficient (Wildman–Crippen LogP) is 8.61. The summed E-state index contributed by atoms with van der Waals surface area (Å²) in [5.74, 6) is 0.669. The summed E-state index contributed by atoms with van der Waals surface area (Å²) in [6, 6.07) is 38.2. The maximum absolute atomic E-state index is 5.17. The maximum Gasteiger partial charge on any atom is 0.235 e. The van der Waals surface area contributed by atoms with Crippen molar-refractivity contribution in [1.29, 1.82) is 0 Å². The normalized spacial score (nSPS) is 13.4. The number of pyridine rings is 1. The van der Waals surface area contributed by atoms with Gasteiger partial charge in [0.1, 0.15) is 0 Å². The van der Waals surface area contributed by atoms with E-state index in [1.54, 1.807) is 0 Å². The molecule has 0 fully saturated rings. The molecule has 4 nitrogen and oxygen atoms in total. The van der Waals surface area contributed by atoms with Crippen molar-refractivity contribution < 1.29 is 0 Å². The molecular formula is C36H26N4. The Labute approximate surface area is 232 Å². The lowest BCUT2D eigenvalue weighted by Gasteiger charge is -2.21. The fraction of sp³-hybridized carbons (Fsp3) is 0.0833. The van der Waals surface area contributed by atoms with E-state index < -0.39 is 0 Å². The van der Waals surface area contributed by atoms with Gasteiger partial charge in [-0.2, -0.15) is 0 Å². The Morgan fingerprint density at radius 2 is 1.40 bits per heavy atom. The lowest BCUT2D eigenvalue weighted by atomic mass is 9.82. The first-order chi connectivity index (χ1) is 19.6. The van der Waals surface area contributed by atoms with Crippen molar-refractivity contribution in [3.8, 4) is 39.6 Å². The number of rotatable bonds is 3. The summed E-state index contributed by atoms with van der Waals surface area (Å²) in [5, 5.41) is 2.26. The Morgan fingerprint density at radius 1 is 0.625 bits per heavy atom. The molecule has 4 heteroatoms. The Bertz CT molecular complexity index is 2070. The quantitative estimate of drug-likeness (QED) is 0.237. The molecule has 0 N–H and O–H groups in total. The average Bonchev–Trinajstić information content (AvgIpc) is 3.54. The minimum Gasteiger partial charge on any atom is -0.285 e. The summed E-state index contributed by atoms with van der Waals surface area (Å²) in [6.45, 7) is 4.64. The van der Waals surface area contributed by atoms with Gasteiger partial charge in [0, 0.05) is 39.7 Å². The SMILES string of the molecule is CC1(C)c2ccccc2-c2c1ccc1c2ccn1-c1nc(-c2ccc(-c3ccccn3)cc2)c2ccccc2n1. The van der Waals surface area contributed by atoms with E-state index in [-0.39, 0.29) is 5.41 Å². The predicted molar refractivity (Wildman–Crippen MR) is 163 cm³/mol. The number of nitrogens with zero attached hydrogens (tertiary/aromatic N) is 4. The third-order valence-electron chi connectivity index (χ3n) is 8.34. The highest BCUT2D eigenvalue weighted by Gasteiger charge is 2.36. The number of fused-ring (bicyclic) bond motifs is 6. The maximum atomic E-state index is 5.17. The van der Waals surface area contributed by atoms with E-state index in [4.69, 9.17) is 9.97 Å².